The average molecular weight is 240 g/mol. The summed E-state index contributed by atoms with van der Waals surface area (Å²) in [5.74, 6) is -0.554. The molecular weight excluding hydrogens is 227 g/mol. The van der Waals surface area contributed by atoms with Gasteiger partial charge in [-0.05, 0) is 37.6 Å². The molecule has 0 aromatic heterocycles. The van der Waals surface area contributed by atoms with Crippen molar-refractivity contribution < 1.29 is 14.3 Å². The number of hydrogen-bond acceptors (Lipinski definition) is 2. The maximum atomic E-state index is 13.2. The third-order valence-corrected chi connectivity index (χ3v) is 4.36. The van der Waals surface area contributed by atoms with E-state index in [1.165, 1.54) is 12.1 Å². The van der Waals surface area contributed by atoms with Crippen LogP contribution in [0.1, 0.15) is 25.3 Å². The van der Waals surface area contributed by atoms with E-state index >= 15 is 0 Å². The van der Waals surface area contributed by atoms with Crippen molar-refractivity contribution in [3.63, 3.8) is 0 Å². The number of carbonyl (C=O) groups is 1. The molecule has 0 aliphatic carbocycles. The predicted octanol–water partition coefficient (Wildman–Crippen LogP) is 3.13. The lowest BCUT2D eigenvalue weighted by atomic mass is 9.76. The monoisotopic (exact) mass is 240 g/mol. The molecule has 1 heterocycles. The van der Waals surface area contributed by atoms with Crippen molar-refractivity contribution in [1.82, 2.24) is 0 Å². The second-order valence-electron chi connectivity index (χ2n) is 4.57. The number of thioether (sulfide) groups is 1. The Kier molecular flexibility index (Phi) is 2.70. The van der Waals surface area contributed by atoms with Crippen molar-refractivity contribution in [2.24, 2.45) is 5.41 Å². The molecule has 0 saturated heterocycles. The molecule has 0 fully saturated rings. The van der Waals surface area contributed by atoms with Gasteiger partial charge in [0.15, 0.2) is 0 Å². The van der Waals surface area contributed by atoms with E-state index in [4.69, 9.17) is 0 Å². The molecule has 0 bridgehead atoms. The highest BCUT2D eigenvalue weighted by Gasteiger charge is 2.41. The zero-order chi connectivity index (χ0) is 11.9. The number of fused-ring (bicyclic) bond motifs is 1. The number of halogens is 1. The molecule has 0 amide bonds. The molecule has 1 atom stereocenters. The van der Waals surface area contributed by atoms with Crippen molar-refractivity contribution in [3.8, 4) is 0 Å². The number of carboxylic acids is 1. The van der Waals surface area contributed by atoms with Gasteiger partial charge in [-0.25, -0.2) is 4.39 Å². The lowest BCUT2D eigenvalue weighted by Gasteiger charge is -2.27. The third-order valence-electron chi connectivity index (χ3n) is 3.18. The second-order valence-corrected chi connectivity index (χ2v) is 5.63. The molecule has 2 nitrogen and oxygen atoms in total. The molecule has 0 radical (unpaired) electrons. The van der Waals surface area contributed by atoms with Gasteiger partial charge in [0.2, 0.25) is 0 Å². The molecular formula is C12H13FO2S. The molecule has 86 valence electrons. The van der Waals surface area contributed by atoms with Gasteiger partial charge in [0.1, 0.15) is 5.82 Å². The van der Waals surface area contributed by atoms with Crippen molar-refractivity contribution in [2.45, 2.75) is 24.7 Å². The van der Waals surface area contributed by atoms with Crippen LogP contribution < -0.4 is 0 Å². The first kappa shape index (κ1) is 11.5. The smallest absolute Gasteiger partial charge is 0.309 e. The van der Waals surface area contributed by atoms with Gasteiger partial charge in [0.05, 0.1) is 5.41 Å². The molecule has 0 saturated carbocycles. The minimum atomic E-state index is -0.855. The fraction of sp³-hybridized carbons (Fsp3) is 0.417. The molecule has 2 rings (SSSR count). The predicted molar refractivity (Wildman–Crippen MR) is 61.3 cm³/mol. The lowest BCUT2D eigenvalue weighted by Crippen LogP contribution is -2.31. The molecule has 1 aromatic rings. The fourth-order valence-corrected chi connectivity index (χ4v) is 3.41. The Morgan fingerprint density at radius 3 is 2.88 bits per heavy atom. The van der Waals surface area contributed by atoms with Gasteiger partial charge in [-0.1, -0.05) is 0 Å². The maximum Gasteiger partial charge on any atom is 0.309 e. The summed E-state index contributed by atoms with van der Waals surface area (Å²) in [6.45, 7) is 3.39. The third kappa shape index (κ3) is 1.71. The van der Waals surface area contributed by atoms with Gasteiger partial charge < -0.3 is 5.11 Å². The van der Waals surface area contributed by atoms with Crippen LogP contribution in [0.15, 0.2) is 23.1 Å². The van der Waals surface area contributed by atoms with E-state index in [9.17, 15) is 14.3 Å². The molecule has 1 aliphatic heterocycles. The van der Waals surface area contributed by atoms with Crippen molar-refractivity contribution in [3.05, 3.63) is 29.6 Å². The first-order valence-corrected chi connectivity index (χ1v) is 6.07. The number of rotatable bonds is 2. The Bertz CT molecular complexity index is 443. The molecule has 1 N–H and O–H groups in total. The summed E-state index contributed by atoms with van der Waals surface area (Å²) in [6.07, 6.45) is 0. The van der Waals surface area contributed by atoms with Crippen LogP contribution in [-0.4, -0.2) is 16.8 Å². The van der Waals surface area contributed by atoms with Gasteiger partial charge >= 0.3 is 5.97 Å². The topological polar surface area (TPSA) is 37.3 Å². The molecule has 16 heavy (non-hydrogen) atoms. The Labute approximate surface area is 97.9 Å². The normalized spacial score (nSPS) is 19.6. The fourth-order valence-electron chi connectivity index (χ4n) is 1.93. The van der Waals surface area contributed by atoms with Gasteiger partial charge in [0, 0.05) is 16.6 Å². The van der Waals surface area contributed by atoms with E-state index in [2.05, 4.69) is 0 Å². The zero-order valence-electron chi connectivity index (χ0n) is 9.16. The van der Waals surface area contributed by atoms with Crippen LogP contribution >= 0.6 is 11.8 Å². The number of aliphatic carboxylic acids is 1. The minimum Gasteiger partial charge on any atom is -0.481 e. The SMILES string of the molecule is CC(C)(C(=O)O)C1CSc2ccc(F)cc21. The van der Waals surface area contributed by atoms with Crippen molar-refractivity contribution in [1.29, 1.82) is 0 Å². The zero-order valence-corrected chi connectivity index (χ0v) is 9.97. The summed E-state index contributed by atoms with van der Waals surface area (Å²) < 4.78 is 13.2. The van der Waals surface area contributed by atoms with Crippen LogP contribution in [0.2, 0.25) is 0 Å². The highest BCUT2D eigenvalue weighted by Crippen LogP contribution is 2.48. The highest BCUT2D eigenvalue weighted by molar-refractivity contribution is 7.99. The van der Waals surface area contributed by atoms with Crippen LogP contribution in [0.4, 0.5) is 4.39 Å². The van der Waals surface area contributed by atoms with Crippen LogP contribution in [0.25, 0.3) is 0 Å². The molecule has 4 heteroatoms. The molecule has 1 aliphatic rings. The van der Waals surface area contributed by atoms with Gasteiger partial charge in [-0.2, -0.15) is 0 Å². The van der Waals surface area contributed by atoms with E-state index in [0.29, 0.717) is 5.75 Å². The van der Waals surface area contributed by atoms with E-state index in [0.717, 1.165) is 10.5 Å². The van der Waals surface area contributed by atoms with E-state index < -0.39 is 11.4 Å². The Morgan fingerprint density at radius 2 is 2.25 bits per heavy atom. The van der Waals surface area contributed by atoms with Gasteiger partial charge in [0.25, 0.3) is 0 Å². The first-order valence-electron chi connectivity index (χ1n) is 5.08. The van der Waals surface area contributed by atoms with Crippen molar-refractivity contribution >= 4 is 17.7 Å². The lowest BCUT2D eigenvalue weighted by molar-refractivity contribution is -0.147. The maximum absolute atomic E-state index is 13.2. The highest BCUT2D eigenvalue weighted by atomic mass is 32.2. The number of carboxylic acid groups (broad SMARTS) is 1. The van der Waals surface area contributed by atoms with E-state index in [1.807, 2.05) is 0 Å². The summed E-state index contributed by atoms with van der Waals surface area (Å²) in [5.41, 5.74) is -0.0242. The standard InChI is InChI=1S/C12H13FO2S/c1-12(2,11(14)15)9-6-16-10-4-3-7(13)5-8(9)10/h3-5,9H,6H2,1-2H3,(H,14,15). The largest absolute Gasteiger partial charge is 0.481 e. The van der Waals surface area contributed by atoms with Crippen LogP contribution in [0, 0.1) is 11.2 Å². The molecule has 1 aromatic carbocycles. The quantitative estimate of drug-likeness (QED) is 0.863. The van der Waals surface area contributed by atoms with Crippen LogP contribution in [-0.2, 0) is 4.79 Å². The summed E-state index contributed by atoms with van der Waals surface area (Å²) in [6, 6.07) is 4.61. The van der Waals surface area contributed by atoms with Crippen molar-refractivity contribution in [2.75, 3.05) is 5.75 Å². The minimum absolute atomic E-state index is 0.124. The average Bonchev–Trinajstić information content (AvgIpc) is 2.60. The van der Waals surface area contributed by atoms with Crippen LogP contribution in [0.5, 0.6) is 0 Å². The first-order chi connectivity index (χ1) is 7.43. The second kappa shape index (κ2) is 3.77. The Hall–Kier alpha value is -1.03. The summed E-state index contributed by atoms with van der Waals surface area (Å²) in [4.78, 5) is 12.2. The Morgan fingerprint density at radius 1 is 1.56 bits per heavy atom. The molecule has 1 unspecified atom stereocenters. The van der Waals surface area contributed by atoms with Gasteiger partial charge in [-0.15, -0.1) is 11.8 Å². The summed E-state index contributed by atoms with van der Waals surface area (Å²) in [5, 5.41) is 9.19. The van der Waals surface area contributed by atoms with E-state index in [1.54, 1.807) is 31.7 Å². The summed E-state index contributed by atoms with van der Waals surface area (Å²) >= 11 is 1.60. The van der Waals surface area contributed by atoms with Crippen LogP contribution in [0.3, 0.4) is 0 Å². The molecule has 0 spiro atoms. The Balaban J connectivity index is 2.43. The summed E-state index contributed by atoms with van der Waals surface area (Å²) in [7, 11) is 0. The number of benzene rings is 1. The van der Waals surface area contributed by atoms with E-state index in [-0.39, 0.29) is 11.7 Å². The van der Waals surface area contributed by atoms with Gasteiger partial charge in [-0.3, -0.25) is 4.79 Å². The number of hydrogen-bond donors (Lipinski definition) is 1.